The van der Waals surface area contributed by atoms with E-state index in [0.29, 0.717) is 33.9 Å². The number of nitrogens with one attached hydrogen (secondary N) is 1. The third-order valence-corrected chi connectivity index (χ3v) is 9.90. The van der Waals surface area contributed by atoms with E-state index in [1.165, 1.54) is 41.3 Å². The second-order valence-electron chi connectivity index (χ2n) is 11.0. The Bertz CT molecular complexity index is 1810. The van der Waals surface area contributed by atoms with E-state index in [2.05, 4.69) is 5.32 Å². The lowest BCUT2D eigenvalue weighted by Gasteiger charge is -2.34. The van der Waals surface area contributed by atoms with Gasteiger partial charge in [-0.3, -0.25) is 13.9 Å². The number of carbonyl (C=O) groups excluding carboxylic acids is 2. The summed E-state index contributed by atoms with van der Waals surface area (Å²) in [5.74, 6) is -1.33. The third-order valence-electron chi connectivity index (χ3n) is 7.53. The van der Waals surface area contributed by atoms with E-state index in [1.54, 1.807) is 48.5 Å². The van der Waals surface area contributed by atoms with Gasteiger partial charge in [0.1, 0.15) is 12.6 Å². The number of carbonyl (C=O) groups is 2. The van der Waals surface area contributed by atoms with E-state index in [0.717, 1.165) is 24.1 Å². The van der Waals surface area contributed by atoms with Gasteiger partial charge in [0, 0.05) is 29.6 Å². The van der Waals surface area contributed by atoms with Crippen molar-refractivity contribution in [3.63, 3.8) is 0 Å². The van der Waals surface area contributed by atoms with Crippen molar-refractivity contribution in [1.82, 2.24) is 10.2 Å². The first-order valence-electron chi connectivity index (χ1n) is 15.1. The molecule has 13 heteroatoms. The maximum absolute atomic E-state index is 14.5. The molecule has 48 heavy (non-hydrogen) atoms. The molecule has 4 rings (SSSR count). The first-order valence-corrected chi connectivity index (χ1v) is 17.3. The highest BCUT2D eigenvalue weighted by Crippen LogP contribution is 2.34. The molecule has 2 amide bonds. The van der Waals surface area contributed by atoms with Gasteiger partial charge >= 0.3 is 6.18 Å². The van der Waals surface area contributed by atoms with Crippen LogP contribution in [0.25, 0.3) is 0 Å². The molecule has 0 aliphatic heterocycles. The number of amides is 2. The van der Waals surface area contributed by atoms with Crippen molar-refractivity contribution < 1.29 is 31.2 Å². The molecule has 4 aromatic carbocycles. The maximum Gasteiger partial charge on any atom is 0.416 e. The van der Waals surface area contributed by atoms with Crippen molar-refractivity contribution in [2.75, 3.05) is 17.4 Å². The zero-order valence-electron chi connectivity index (χ0n) is 26.0. The van der Waals surface area contributed by atoms with Crippen molar-refractivity contribution in [2.24, 2.45) is 0 Å². The molecule has 0 bridgehead atoms. The first-order chi connectivity index (χ1) is 22.8. The Morgan fingerprint density at radius 1 is 0.875 bits per heavy atom. The van der Waals surface area contributed by atoms with Crippen LogP contribution < -0.4 is 9.62 Å². The van der Waals surface area contributed by atoms with Crippen LogP contribution in [0.15, 0.2) is 108 Å². The fourth-order valence-corrected chi connectivity index (χ4v) is 6.87. The average molecular weight is 721 g/mol. The normalized spacial score (nSPS) is 12.3. The van der Waals surface area contributed by atoms with Crippen LogP contribution in [-0.2, 0) is 38.8 Å². The molecular weight excluding hydrogens is 686 g/mol. The van der Waals surface area contributed by atoms with Gasteiger partial charge in [0.2, 0.25) is 11.8 Å². The number of nitrogens with zero attached hydrogens (tertiary/aromatic N) is 2. The standard InChI is InChI=1S/C35H34Cl2F3N3O4S/c1-2-3-19-41-34(45)32(20-25-11-6-4-7-12-25)42(23-26-17-18-28(36)22-31(26)37)33(44)24-43(48(46,47)30-15-8-5-9-16-30)29-14-10-13-27(21-29)35(38,39)40/h4-18,21-22,32H,2-3,19-20,23-24H2,1H3,(H,41,45)/t32-/m1/s1. The van der Waals surface area contributed by atoms with Crippen molar-refractivity contribution >= 4 is 50.7 Å². The fraction of sp³-hybridized carbons (Fsp3) is 0.257. The number of hydrogen-bond donors (Lipinski definition) is 1. The molecule has 254 valence electrons. The highest BCUT2D eigenvalue weighted by molar-refractivity contribution is 7.92. The molecule has 1 N–H and O–H groups in total. The average Bonchev–Trinajstić information content (AvgIpc) is 3.06. The molecule has 0 saturated carbocycles. The van der Waals surface area contributed by atoms with Gasteiger partial charge < -0.3 is 10.2 Å². The van der Waals surface area contributed by atoms with E-state index in [9.17, 15) is 31.2 Å². The Kier molecular flexibility index (Phi) is 12.5. The Morgan fingerprint density at radius 3 is 2.17 bits per heavy atom. The summed E-state index contributed by atoms with van der Waals surface area (Å²) in [5, 5.41) is 3.41. The Morgan fingerprint density at radius 2 is 1.54 bits per heavy atom. The van der Waals surface area contributed by atoms with Crippen LogP contribution in [0, 0.1) is 0 Å². The number of alkyl halides is 3. The van der Waals surface area contributed by atoms with E-state index in [1.807, 2.05) is 6.92 Å². The molecule has 0 spiro atoms. The van der Waals surface area contributed by atoms with Crippen LogP contribution in [0.3, 0.4) is 0 Å². The van der Waals surface area contributed by atoms with Gasteiger partial charge in [0.05, 0.1) is 16.1 Å². The van der Waals surface area contributed by atoms with E-state index >= 15 is 0 Å². The van der Waals surface area contributed by atoms with Gasteiger partial charge in [0.25, 0.3) is 10.0 Å². The second-order valence-corrected chi connectivity index (χ2v) is 13.7. The number of unbranched alkanes of at least 4 members (excludes halogenated alkanes) is 1. The van der Waals surface area contributed by atoms with Gasteiger partial charge in [-0.25, -0.2) is 8.42 Å². The predicted octanol–water partition coefficient (Wildman–Crippen LogP) is 7.76. The van der Waals surface area contributed by atoms with Crippen LogP contribution in [-0.4, -0.2) is 44.3 Å². The summed E-state index contributed by atoms with van der Waals surface area (Å²) in [4.78, 5) is 29.3. The van der Waals surface area contributed by atoms with Crippen LogP contribution in [0.2, 0.25) is 10.0 Å². The van der Waals surface area contributed by atoms with Crippen LogP contribution in [0.4, 0.5) is 18.9 Å². The summed E-state index contributed by atoms with van der Waals surface area (Å²) >= 11 is 12.6. The summed E-state index contributed by atoms with van der Waals surface area (Å²) < 4.78 is 70.0. The number of anilines is 1. The molecule has 1 atom stereocenters. The summed E-state index contributed by atoms with van der Waals surface area (Å²) in [6.45, 7) is 1.15. The molecule has 0 aliphatic rings. The molecule has 7 nitrogen and oxygen atoms in total. The minimum absolute atomic E-state index is 0.0603. The number of benzene rings is 4. The molecule has 0 heterocycles. The van der Waals surface area contributed by atoms with E-state index in [4.69, 9.17) is 23.2 Å². The maximum atomic E-state index is 14.5. The smallest absolute Gasteiger partial charge is 0.354 e. The zero-order valence-corrected chi connectivity index (χ0v) is 28.3. The van der Waals surface area contributed by atoms with Crippen molar-refractivity contribution in [1.29, 1.82) is 0 Å². The summed E-state index contributed by atoms with van der Waals surface area (Å²) in [5.41, 5.74) is -0.327. The molecule has 0 unspecified atom stereocenters. The van der Waals surface area contributed by atoms with Gasteiger partial charge in [-0.05, 0) is 60.0 Å². The molecule has 0 aromatic heterocycles. The fourth-order valence-electron chi connectivity index (χ4n) is 4.98. The van der Waals surface area contributed by atoms with Gasteiger partial charge in [-0.2, -0.15) is 13.2 Å². The van der Waals surface area contributed by atoms with Crippen LogP contribution in [0.1, 0.15) is 36.5 Å². The topological polar surface area (TPSA) is 86.8 Å². The van der Waals surface area contributed by atoms with Crippen molar-refractivity contribution in [3.05, 3.63) is 130 Å². The number of halogens is 5. The number of sulfonamides is 1. The van der Waals surface area contributed by atoms with Crippen molar-refractivity contribution in [3.8, 4) is 0 Å². The highest BCUT2D eigenvalue weighted by Gasteiger charge is 2.36. The minimum Gasteiger partial charge on any atom is -0.354 e. The SMILES string of the molecule is CCCCNC(=O)[C@@H](Cc1ccccc1)N(Cc1ccc(Cl)cc1Cl)C(=O)CN(c1cccc(C(F)(F)F)c1)S(=O)(=O)c1ccccc1. The van der Waals surface area contributed by atoms with E-state index < -0.39 is 46.2 Å². The molecule has 0 saturated heterocycles. The van der Waals surface area contributed by atoms with Crippen LogP contribution >= 0.6 is 23.2 Å². The Balaban J connectivity index is 1.84. The van der Waals surface area contributed by atoms with Gasteiger partial charge in [0.15, 0.2) is 0 Å². The van der Waals surface area contributed by atoms with Gasteiger partial charge in [-0.15, -0.1) is 0 Å². The van der Waals surface area contributed by atoms with Crippen LogP contribution in [0.5, 0.6) is 0 Å². The predicted molar refractivity (Wildman–Crippen MR) is 181 cm³/mol. The molecule has 0 aliphatic carbocycles. The quantitative estimate of drug-likeness (QED) is 0.135. The number of hydrogen-bond acceptors (Lipinski definition) is 4. The molecule has 0 fully saturated rings. The summed E-state index contributed by atoms with van der Waals surface area (Å²) in [7, 11) is -4.58. The van der Waals surface area contributed by atoms with E-state index in [-0.39, 0.29) is 28.6 Å². The van der Waals surface area contributed by atoms with Crippen molar-refractivity contribution in [2.45, 2.75) is 49.8 Å². The zero-order chi connectivity index (χ0) is 34.9. The lowest BCUT2D eigenvalue weighted by Crippen LogP contribution is -2.53. The lowest BCUT2D eigenvalue weighted by atomic mass is 10.0. The Hall–Kier alpha value is -4.06. The summed E-state index contributed by atoms with van der Waals surface area (Å²) in [6, 6.07) is 23.2. The third kappa shape index (κ3) is 9.52. The minimum atomic E-state index is -4.78. The lowest BCUT2D eigenvalue weighted by molar-refractivity contribution is -0.140. The molecular formula is C35H34Cl2F3N3O4S. The van der Waals surface area contributed by atoms with Gasteiger partial charge in [-0.1, -0.05) is 97.2 Å². The second kappa shape index (κ2) is 16.4. The molecule has 4 aromatic rings. The number of rotatable bonds is 14. The Labute approximate surface area is 288 Å². The first kappa shape index (κ1) is 36.8. The highest BCUT2D eigenvalue weighted by atomic mass is 35.5. The molecule has 0 radical (unpaired) electrons. The largest absolute Gasteiger partial charge is 0.416 e. The summed E-state index contributed by atoms with van der Waals surface area (Å²) in [6.07, 6.45) is -3.24. The monoisotopic (exact) mass is 719 g/mol.